The number of nitrogens with zero attached hydrogens (tertiary/aromatic N) is 1. The summed E-state index contributed by atoms with van der Waals surface area (Å²) in [5.74, 6) is 0.280. The van der Waals surface area contributed by atoms with Gasteiger partial charge in [-0.25, -0.2) is 0 Å². The number of benzene rings is 2. The Bertz CT molecular complexity index is 800. The topological polar surface area (TPSA) is 58.6 Å². The first kappa shape index (κ1) is 22.5. The van der Waals surface area contributed by atoms with Crippen LogP contribution in [0.5, 0.6) is 5.75 Å². The summed E-state index contributed by atoms with van der Waals surface area (Å²) in [5.41, 5.74) is 3.13. The molecule has 0 aromatic heterocycles. The Morgan fingerprint density at radius 2 is 1.66 bits per heavy atom. The van der Waals surface area contributed by atoms with E-state index in [1.807, 2.05) is 70.2 Å². The van der Waals surface area contributed by atoms with E-state index in [9.17, 15) is 9.59 Å². The van der Waals surface area contributed by atoms with Crippen molar-refractivity contribution >= 4 is 11.8 Å². The van der Waals surface area contributed by atoms with Crippen LogP contribution in [-0.4, -0.2) is 35.4 Å². The van der Waals surface area contributed by atoms with Crippen LogP contribution in [-0.2, 0) is 16.1 Å². The summed E-state index contributed by atoms with van der Waals surface area (Å²) in [4.78, 5) is 27.3. The second kappa shape index (κ2) is 10.6. The normalized spacial score (nSPS) is 12.7. The van der Waals surface area contributed by atoms with E-state index in [0.29, 0.717) is 12.3 Å². The molecule has 5 nitrogen and oxygen atoms in total. The van der Waals surface area contributed by atoms with Gasteiger partial charge in [0, 0.05) is 12.6 Å². The minimum atomic E-state index is -0.598. The predicted molar refractivity (Wildman–Crippen MR) is 116 cm³/mol. The molecule has 156 valence electrons. The van der Waals surface area contributed by atoms with Gasteiger partial charge in [-0.05, 0) is 62.9 Å². The van der Waals surface area contributed by atoms with Gasteiger partial charge in [0.05, 0.1) is 0 Å². The van der Waals surface area contributed by atoms with Gasteiger partial charge in [-0.15, -0.1) is 0 Å². The van der Waals surface area contributed by atoms with Crippen LogP contribution >= 0.6 is 0 Å². The standard InChI is InChI=1S/C24H32N2O3/c1-6-19(4)25-24(28)20(5)26(15-21-10-8-7-9-11-21)23(27)16-29-22-13-17(2)12-18(3)14-22/h7-14,19-20H,6,15-16H2,1-5H3,(H,25,28)/t19-,20-/m0/s1. The number of hydrogen-bond acceptors (Lipinski definition) is 3. The first-order chi connectivity index (χ1) is 13.8. The highest BCUT2D eigenvalue weighted by Gasteiger charge is 2.27. The van der Waals surface area contributed by atoms with E-state index in [-0.39, 0.29) is 24.5 Å². The van der Waals surface area contributed by atoms with Crippen molar-refractivity contribution in [3.63, 3.8) is 0 Å². The van der Waals surface area contributed by atoms with E-state index in [0.717, 1.165) is 23.1 Å². The molecule has 0 aliphatic carbocycles. The number of carbonyl (C=O) groups is 2. The minimum absolute atomic E-state index is 0.0603. The van der Waals surface area contributed by atoms with Crippen molar-refractivity contribution in [3.05, 3.63) is 65.2 Å². The average molecular weight is 397 g/mol. The number of ether oxygens (including phenoxy) is 1. The molecule has 1 N–H and O–H groups in total. The maximum absolute atomic E-state index is 13.0. The summed E-state index contributed by atoms with van der Waals surface area (Å²) in [6, 6.07) is 15.0. The highest BCUT2D eigenvalue weighted by atomic mass is 16.5. The molecule has 0 saturated carbocycles. The van der Waals surface area contributed by atoms with Gasteiger partial charge in [0.25, 0.3) is 5.91 Å². The van der Waals surface area contributed by atoms with Crippen LogP contribution in [0.25, 0.3) is 0 Å². The number of aryl methyl sites for hydroxylation is 2. The Kier molecular flexibility index (Phi) is 8.25. The van der Waals surface area contributed by atoms with E-state index < -0.39 is 6.04 Å². The smallest absolute Gasteiger partial charge is 0.261 e. The number of carbonyl (C=O) groups excluding carboxylic acids is 2. The summed E-state index contributed by atoms with van der Waals surface area (Å²) in [5, 5.41) is 2.97. The van der Waals surface area contributed by atoms with Crippen LogP contribution in [0.4, 0.5) is 0 Å². The lowest BCUT2D eigenvalue weighted by molar-refractivity contribution is -0.142. The second-order valence-corrected chi connectivity index (χ2v) is 7.61. The van der Waals surface area contributed by atoms with E-state index in [1.165, 1.54) is 0 Å². The molecule has 29 heavy (non-hydrogen) atoms. The van der Waals surface area contributed by atoms with Crippen molar-refractivity contribution in [1.82, 2.24) is 10.2 Å². The van der Waals surface area contributed by atoms with Crippen molar-refractivity contribution in [2.45, 2.75) is 59.7 Å². The van der Waals surface area contributed by atoms with Crippen molar-refractivity contribution in [2.24, 2.45) is 0 Å². The monoisotopic (exact) mass is 396 g/mol. The molecule has 2 aromatic carbocycles. The van der Waals surface area contributed by atoms with Crippen molar-refractivity contribution in [1.29, 1.82) is 0 Å². The van der Waals surface area contributed by atoms with E-state index in [1.54, 1.807) is 11.8 Å². The molecule has 0 fully saturated rings. The molecule has 0 spiro atoms. The van der Waals surface area contributed by atoms with Gasteiger partial charge in [0.2, 0.25) is 5.91 Å². The molecule has 0 saturated heterocycles. The maximum Gasteiger partial charge on any atom is 0.261 e. The molecule has 0 radical (unpaired) electrons. The zero-order valence-corrected chi connectivity index (χ0v) is 18.1. The number of amides is 2. The van der Waals surface area contributed by atoms with Gasteiger partial charge in [-0.3, -0.25) is 9.59 Å². The van der Waals surface area contributed by atoms with Crippen LogP contribution in [0, 0.1) is 13.8 Å². The second-order valence-electron chi connectivity index (χ2n) is 7.61. The molecule has 2 atom stereocenters. The summed E-state index contributed by atoms with van der Waals surface area (Å²) < 4.78 is 5.76. The van der Waals surface area contributed by atoms with Gasteiger partial charge in [0.15, 0.2) is 6.61 Å². The lowest BCUT2D eigenvalue weighted by atomic mass is 10.1. The van der Waals surface area contributed by atoms with E-state index >= 15 is 0 Å². The molecule has 0 aliphatic heterocycles. The quantitative estimate of drug-likeness (QED) is 0.697. The summed E-state index contributed by atoms with van der Waals surface area (Å²) in [7, 11) is 0. The van der Waals surface area contributed by atoms with Gasteiger partial charge < -0.3 is 15.0 Å². The summed E-state index contributed by atoms with van der Waals surface area (Å²) in [6.07, 6.45) is 0.834. The number of hydrogen-bond donors (Lipinski definition) is 1. The van der Waals surface area contributed by atoms with Crippen LogP contribution < -0.4 is 10.1 Å². The van der Waals surface area contributed by atoms with Crippen LogP contribution in [0.3, 0.4) is 0 Å². The Morgan fingerprint density at radius 1 is 1.03 bits per heavy atom. The molecule has 2 rings (SSSR count). The molecule has 0 heterocycles. The molecule has 5 heteroatoms. The third-order valence-electron chi connectivity index (χ3n) is 4.92. The fourth-order valence-corrected chi connectivity index (χ4v) is 3.07. The van der Waals surface area contributed by atoms with Crippen molar-refractivity contribution in [2.75, 3.05) is 6.61 Å². The molecular weight excluding hydrogens is 364 g/mol. The lowest BCUT2D eigenvalue weighted by Gasteiger charge is -2.29. The summed E-state index contributed by atoms with van der Waals surface area (Å²) in [6.45, 7) is 9.95. The Labute approximate surface area is 174 Å². The number of nitrogens with one attached hydrogen (secondary N) is 1. The van der Waals surface area contributed by atoms with E-state index in [2.05, 4.69) is 11.4 Å². The average Bonchev–Trinajstić information content (AvgIpc) is 2.69. The first-order valence-electron chi connectivity index (χ1n) is 10.1. The maximum atomic E-state index is 13.0. The van der Waals surface area contributed by atoms with Gasteiger partial charge in [-0.2, -0.15) is 0 Å². The Morgan fingerprint density at radius 3 is 2.24 bits per heavy atom. The zero-order chi connectivity index (χ0) is 21.4. The largest absolute Gasteiger partial charge is 0.484 e. The van der Waals surface area contributed by atoms with Gasteiger partial charge >= 0.3 is 0 Å². The Balaban J connectivity index is 2.14. The van der Waals surface area contributed by atoms with Gasteiger partial charge in [0.1, 0.15) is 11.8 Å². The highest BCUT2D eigenvalue weighted by molar-refractivity contribution is 5.88. The first-order valence-corrected chi connectivity index (χ1v) is 10.1. The highest BCUT2D eigenvalue weighted by Crippen LogP contribution is 2.17. The van der Waals surface area contributed by atoms with Crippen LogP contribution in [0.2, 0.25) is 0 Å². The zero-order valence-electron chi connectivity index (χ0n) is 18.1. The SMILES string of the molecule is CC[C@H](C)NC(=O)[C@H](C)N(Cc1ccccc1)C(=O)COc1cc(C)cc(C)c1. The molecule has 2 aromatic rings. The van der Waals surface area contributed by atoms with Crippen LogP contribution in [0.15, 0.2) is 48.5 Å². The molecule has 0 bridgehead atoms. The van der Waals surface area contributed by atoms with Gasteiger partial charge in [-0.1, -0.05) is 43.3 Å². The predicted octanol–water partition coefficient (Wildman–Crippen LogP) is 4.01. The van der Waals surface area contributed by atoms with Crippen molar-refractivity contribution in [3.8, 4) is 5.75 Å². The molecule has 2 amide bonds. The van der Waals surface area contributed by atoms with Crippen LogP contribution in [0.1, 0.15) is 43.9 Å². The third kappa shape index (κ3) is 6.93. The fraction of sp³-hybridized carbons (Fsp3) is 0.417. The van der Waals surface area contributed by atoms with E-state index in [4.69, 9.17) is 4.74 Å². The fourth-order valence-electron chi connectivity index (χ4n) is 3.07. The molecular formula is C24H32N2O3. The Hall–Kier alpha value is -2.82. The summed E-state index contributed by atoms with van der Waals surface area (Å²) >= 11 is 0. The van der Waals surface area contributed by atoms with Crippen molar-refractivity contribution < 1.29 is 14.3 Å². The minimum Gasteiger partial charge on any atom is -0.484 e. The lowest BCUT2D eigenvalue weighted by Crippen LogP contribution is -2.50. The third-order valence-corrected chi connectivity index (χ3v) is 4.92. The molecule has 0 aliphatic rings. The number of rotatable bonds is 9. The molecule has 0 unspecified atom stereocenters.